The van der Waals surface area contributed by atoms with Crippen molar-refractivity contribution >= 4 is 76.3 Å². The van der Waals surface area contributed by atoms with Crippen LogP contribution in [0.25, 0.3) is 93.4 Å². The van der Waals surface area contributed by atoms with Gasteiger partial charge in [0.15, 0.2) is 11.4 Å². The second-order valence-corrected chi connectivity index (χ2v) is 11.3. The highest BCUT2D eigenvalue weighted by atomic mass is 16.3. The van der Waals surface area contributed by atoms with Crippen LogP contribution in [0.15, 0.2) is 144 Å². The molecule has 0 saturated carbocycles. The second-order valence-electron chi connectivity index (χ2n) is 11.3. The van der Waals surface area contributed by atoms with Crippen molar-refractivity contribution in [2.75, 3.05) is 0 Å². The molecule has 44 heavy (non-hydrogen) atoms. The van der Waals surface area contributed by atoms with Crippen LogP contribution in [0.5, 0.6) is 0 Å². The molecule has 4 nitrogen and oxygen atoms in total. The molecule has 3 heterocycles. The van der Waals surface area contributed by atoms with E-state index >= 15 is 0 Å². The van der Waals surface area contributed by atoms with Gasteiger partial charge in [-0.1, -0.05) is 115 Å². The summed E-state index contributed by atoms with van der Waals surface area (Å²) in [6.07, 6.45) is 0. The maximum absolute atomic E-state index is 6.84. The molecule has 0 amide bonds. The first-order valence-corrected chi connectivity index (χ1v) is 14.9. The molecule has 0 radical (unpaired) electrons. The molecule has 0 aliphatic carbocycles. The summed E-state index contributed by atoms with van der Waals surface area (Å²) < 4.78 is 9.14. The standard InChI is InChI=1S/C40H23N3O/c1-2-13-25(14-3-1)37-40(42-31-20-10-9-19-30(31)41-37)43-32-23-22-24-12-4-5-15-26(24)35(32)36-28-17-7-6-16-27(28)34-29-18-8-11-21-33(29)44-39(34)38(36)43/h1-23H. The van der Waals surface area contributed by atoms with Crippen molar-refractivity contribution in [2.24, 2.45) is 0 Å². The number of hydrogen-bond donors (Lipinski definition) is 0. The summed E-state index contributed by atoms with van der Waals surface area (Å²) in [5.41, 5.74) is 7.34. The highest BCUT2D eigenvalue weighted by Gasteiger charge is 2.26. The van der Waals surface area contributed by atoms with Gasteiger partial charge >= 0.3 is 0 Å². The predicted molar refractivity (Wildman–Crippen MR) is 182 cm³/mol. The molecule has 0 N–H and O–H groups in total. The summed E-state index contributed by atoms with van der Waals surface area (Å²) in [5.74, 6) is 0.780. The summed E-state index contributed by atoms with van der Waals surface area (Å²) in [5, 5.41) is 9.34. The van der Waals surface area contributed by atoms with Gasteiger partial charge in [-0.05, 0) is 45.8 Å². The Bertz CT molecular complexity index is 2770. The Morgan fingerprint density at radius 2 is 1.11 bits per heavy atom. The first kappa shape index (κ1) is 23.6. The van der Waals surface area contributed by atoms with Crippen LogP contribution in [0.4, 0.5) is 0 Å². The molecule has 4 heteroatoms. The number of para-hydroxylation sites is 3. The number of fused-ring (bicyclic) bond motifs is 13. The maximum Gasteiger partial charge on any atom is 0.165 e. The number of aromatic nitrogens is 3. The van der Waals surface area contributed by atoms with Crippen molar-refractivity contribution in [3.05, 3.63) is 140 Å². The molecule has 0 saturated heterocycles. The Morgan fingerprint density at radius 1 is 0.477 bits per heavy atom. The average Bonchev–Trinajstić information content (AvgIpc) is 3.65. The summed E-state index contributed by atoms with van der Waals surface area (Å²) in [7, 11) is 0. The van der Waals surface area contributed by atoms with Crippen molar-refractivity contribution in [3.8, 4) is 17.1 Å². The van der Waals surface area contributed by atoms with Gasteiger partial charge in [0.25, 0.3) is 0 Å². The molecule has 0 aliphatic heterocycles. The third-order valence-corrected chi connectivity index (χ3v) is 8.95. The van der Waals surface area contributed by atoms with Gasteiger partial charge < -0.3 is 4.42 Å². The number of furan rings is 1. The molecule has 10 rings (SSSR count). The minimum Gasteiger partial charge on any atom is -0.454 e. The minimum absolute atomic E-state index is 0.780. The SMILES string of the molecule is c1ccc(-c2nc3ccccc3nc2-n2c3ccc4ccccc4c3c3c4ccccc4c4c5ccccc5oc4c32)cc1. The van der Waals surface area contributed by atoms with E-state index in [1.165, 1.54) is 26.9 Å². The van der Waals surface area contributed by atoms with Crippen LogP contribution in [0.3, 0.4) is 0 Å². The second kappa shape index (κ2) is 8.76. The number of nitrogens with zero attached hydrogens (tertiary/aromatic N) is 3. The van der Waals surface area contributed by atoms with E-state index < -0.39 is 0 Å². The van der Waals surface area contributed by atoms with E-state index in [9.17, 15) is 0 Å². The molecular formula is C40H23N3O. The zero-order chi connectivity index (χ0) is 28.8. The van der Waals surface area contributed by atoms with Crippen LogP contribution < -0.4 is 0 Å². The van der Waals surface area contributed by atoms with E-state index in [0.717, 1.165) is 66.5 Å². The fraction of sp³-hybridized carbons (Fsp3) is 0. The Labute approximate surface area is 251 Å². The van der Waals surface area contributed by atoms with Crippen LogP contribution in [0.1, 0.15) is 0 Å². The van der Waals surface area contributed by atoms with Gasteiger partial charge in [-0.25, -0.2) is 9.97 Å². The molecule has 0 unspecified atom stereocenters. The molecule has 10 aromatic rings. The quantitative estimate of drug-likeness (QED) is 0.211. The number of hydrogen-bond acceptors (Lipinski definition) is 3. The fourth-order valence-electron chi connectivity index (χ4n) is 7.09. The summed E-state index contributed by atoms with van der Waals surface area (Å²) in [6.45, 7) is 0. The monoisotopic (exact) mass is 561 g/mol. The zero-order valence-electron chi connectivity index (χ0n) is 23.5. The Kier molecular flexibility index (Phi) is 4.69. The van der Waals surface area contributed by atoms with E-state index in [-0.39, 0.29) is 0 Å². The van der Waals surface area contributed by atoms with E-state index in [1.807, 2.05) is 36.4 Å². The Hall–Kier alpha value is -6.00. The zero-order valence-corrected chi connectivity index (χ0v) is 23.5. The predicted octanol–water partition coefficient (Wildman–Crippen LogP) is 10.6. The van der Waals surface area contributed by atoms with Crippen molar-refractivity contribution < 1.29 is 4.42 Å². The minimum atomic E-state index is 0.780. The smallest absolute Gasteiger partial charge is 0.165 e. The average molecular weight is 562 g/mol. The molecule has 7 aromatic carbocycles. The lowest BCUT2D eigenvalue weighted by molar-refractivity contribution is 0.671. The van der Waals surface area contributed by atoms with Crippen molar-refractivity contribution in [1.82, 2.24) is 14.5 Å². The van der Waals surface area contributed by atoms with E-state index in [4.69, 9.17) is 14.4 Å². The number of rotatable bonds is 2. The Morgan fingerprint density at radius 3 is 1.93 bits per heavy atom. The first-order valence-electron chi connectivity index (χ1n) is 14.9. The van der Waals surface area contributed by atoms with Crippen LogP contribution in [-0.4, -0.2) is 14.5 Å². The largest absolute Gasteiger partial charge is 0.454 e. The molecule has 0 atom stereocenters. The highest BCUT2D eigenvalue weighted by Crippen LogP contribution is 2.47. The van der Waals surface area contributed by atoms with Crippen LogP contribution >= 0.6 is 0 Å². The topological polar surface area (TPSA) is 43.9 Å². The van der Waals surface area contributed by atoms with Crippen molar-refractivity contribution in [2.45, 2.75) is 0 Å². The van der Waals surface area contributed by atoms with Crippen LogP contribution in [0, 0.1) is 0 Å². The van der Waals surface area contributed by atoms with Gasteiger partial charge in [0.1, 0.15) is 11.3 Å². The van der Waals surface area contributed by atoms with Crippen LogP contribution in [-0.2, 0) is 0 Å². The summed E-state index contributed by atoms with van der Waals surface area (Å²) >= 11 is 0. The third kappa shape index (κ3) is 3.11. The van der Waals surface area contributed by atoms with E-state index in [2.05, 4.69) is 108 Å². The fourth-order valence-corrected chi connectivity index (χ4v) is 7.09. The van der Waals surface area contributed by atoms with Gasteiger partial charge in [-0.3, -0.25) is 4.57 Å². The van der Waals surface area contributed by atoms with Gasteiger partial charge in [-0.2, -0.15) is 0 Å². The molecular weight excluding hydrogens is 538 g/mol. The van der Waals surface area contributed by atoms with Crippen LogP contribution in [0.2, 0.25) is 0 Å². The lowest BCUT2D eigenvalue weighted by Gasteiger charge is -2.14. The molecule has 0 bridgehead atoms. The lowest BCUT2D eigenvalue weighted by Crippen LogP contribution is -2.04. The van der Waals surface area contributed by atoms with E-state index in [1.54, 1.807) is 0 Å². The molecule has 0 spiro atoms. The lowest BCUT2D eigenvalue weighted by atomic mass is 9.97. The summed E-state index contributed by atoms with van der Waals surface area (Å²) in [6, 6.07) is 48.6. The van der Waals surface area contributed by atoms with Crippen molar-refractivity contribution in [1.29, 1.82) is 0 Å². The normalized spacial score (nSPS) is 12.1. The van der Waals surface area contributed by atoms with Crippen molar-refractivity contribution in [3.63, 3.8) is 0 Å². The van der Waals surface area contributed by atoms with Gasteiger partial charge in [0, 0.05) is 27.1 Å². The van der Waals surface area contributed by atoms with Gasteiger partial charge in [0.2, 0.25) is 0 Å². The maximum atomic E-state index is 6.84. The van der Waals surface area contributed by atoms with Gasteiger partial charge in [-0.15, -0.1) is 0 Å². The molecule has 0 fully saturated rings. The molecule has 204 valence electrons. The molecule has 0 aliphatic rings. The highest BCUT2D eigenvalue weighted by molar-refractivity contribution is 6.37. The number of benzene rings is 7. The first-order chi connectivity index (χ1) is 21.8. The summed E-state index contributed by atoms with van der Waals surface area (Å²) in [4.78, 5) is 10.6. The van der Waals surface area contributed by atoms with E-state index in [0.29, 0.717) is 0 Å². The molecule has 3 aromatic heterocycles. The Balaban J connectivity index is 1.54. The third-order valence-electron chi connectivity index (χ3n) is 8.95. The van der Waals surface area contributed by atoms with Gasteiger partial charge in [0.05, 0.1) is 22.1 Å².